The van der Waals surface area contributed by atoms with Crippen LogP contribution < -0.4 is 5.32 Å². The van der Waals surface area contributed by atoms with Gasteiger partial charge >= 0.3 is 0 Å². The maximum Gasteiger partial charge on any atom is 0.237 e. The van der Waals surface area contributed by atoms with Gasteiger partial charge in [-0.2, -0.15) is 0 Å². The first kappa shape index (κ1) is 15.6. The number of hydrogen-bond acceptors (Lipinski definition) is 5. The van der Waals surface area contributed by atoms with Crippen molar-refractivity contribution >= 4 is 44.9 Å². The quantitative estimate of drug-likeness (QED) is 0.560. The molecule has 0 saturated carbocycles. The lowest BCUT2D eigenvalue weighted by Gasteiger charge is -2.13. The summed E-state index contributed by atoms with van der Waals surface area (Å²) in [6, 6.07) is 8.25. The van der Waals surface area contributed by atoms with E-state index < -0.39 is 0 Å². The van der Waals surface area contributed by atoms with E-state index in [0.29, 0.717) is 0 Å². The molecule has 4 nitrogen and oxygen atoms in total. The third-order valence-electron chi connectivity index (χ3n) is 4.25. The van der Waals surface area contributed by atoms with E-state index in [1.807, 2.05) is 24.4 Å². The van der Waals surface area contributed by atoms with E-state index in [1.54, 1.807) is 17.7 Å². The van der Waals surface area contributed by atoms with Gasteiger partial charge in [-0.3, -0.25) is 4.79 Å². The first-order valence-electron chi connectivity index (χ1n) is 7.98. The number of thioether (sulfide) groups is 1. The Labute approximate surface area is 148 Å². The third-order valence-corrected chi connectivity index (χ3v) is 6.19. The summed E-state index contributed by atoms with van der Waals surface area (Å²) in [5.74, 6) is -0.0000567. The van der Waals surface area contributed by atoms with Crippen LogP contribution in [0.25, 0.3) is 10.2 Å². The molecule has 0 aliphatic heterocycles. The number of aryl methyl sites for hydroxylation is 2. The summed E-state index contributed by atoms with van der Waals surface area (Å²) < 4.78 is 0. The molecule has 1 aliphatic rings. The zero-order valence-corrected chi connectivity index (χ0v) is 14.9. The Balaban J connectivity index is 1.47. The zero-order chi connectivity index (χ0) is 16.5. The summed E-state index contributed by atoms with van der Waals surface area (Å²) in [6.45, 7) is 1.91. The molecule has 0 fully saturated rings. The molecular weight excluding hydrogens is 338 g/mol. The Morgan fingerprint density at radius 2 is 2.12 bits per heavy atom. The van der Waals surface area contributed by atoms with E-state index in [2.05, 4.69) is 27.4 Å². The molecule has 1 amide bonds. The minimum atomic E-state index is -0.226. The summed E-state index contributed by atoms with van der Waals surface area (Å²) in [6.07, 6.45) is 5.04. The van der Waals surface area contributed by atoms with Gasteiger partial charge in [-0.1, -0.05) is 17.8 Å². The van der Waals surface area contributed by atoms with Gasteiger partial charge in [0.2, 0.25) is 5.91 Å². The van der Waals surface area contributed by atoms with Crippen LogP contribution in [0.5, 0.6) is 0 Å². The van der Waals surface area contributed by atoms with E-state index in [4.69, 9.17) is 0 Å². The fraction of sp³-hybridized carbons (Fsp3) is 0.278. The maximum absolute atomic E-state index is 12.5. The molecule has 122 valence electrons. The lowest BCUT2D eigenvalue weighted by atomic mass is 10.1. The predicted octanol–water partition coefficient (Wildman–Crippen LogP) is 4.30. The Kier molecular flexibility index (Phi) is 4.24. The van der Waals surface area contributed by atoms with Crippen molar-refractivity contribution in [3.05, 3.63) is 47.1 Å². The summed E-state index contributed by atoms with van der Waals surface area (Å²) in [5.41, 5.74) is 3.66. The highest BCUT2D eigenvalue weighted by molar-refractivity contribution is 8.00. The van der Waals surface area contributed by atoms with Crippen LogP contribution in [0.3, 0.4) is 0 Å². The van der Waals surface area contributed by atoms with E-state index in [-0.39, 0.29) is 11.2 Å². The number of nitrogens with one attached hydrogen (secondary N) is 1. The Morgan fingerprint density at radius 3 is 3.04 bits per heavy atom. The molecule has 1 aliphatic carbocycles. The van der Waals surface area contributed by atoms with Crippen LogP contribution in [-0.2, 0) is 17.6 Å². The summed E-state index contributed by atoms with van der Waals surface area (Å²) in [5, 5.41) is 6.68. The molecule has 0 unspecified atom stereocenters. The van der Waals surface area contributed by atoms with Crippen molar-refractivity contribution in [2.75, 3.05) is 5.32 Å². The van der Waals surface area contributed by atoms with Crippen molar-refractivity contribution < 1.29 is 4.79 Å². The molecule has 0 bridgehead atoms. The lowest BCUT2D eigenvalue weighted by molar-refractivity contribution is -0.115. The number of aromatic nitrogens is 2. The average molecular weight is 355 g/mol. The highest BCUT2D eigenvalue weighted by atomic mass is 32.2. The van der Waals surface area contributed by atoms with E-state index in [9.17, 15) is 4.79 Å². The Morgan fingerprint density at radius 1 is 1.25 bits per heavy atom. The zero-order valence-electron chi connectivity index (χ0n) is 13.3. The van der Waals surface area contributed by atoms with Gasteiger partial charge in [0, 0.05) is 11.1 Å². The Hall–Kier alpha value is -1.92. The van der Waals surface area contributed by atoms with Crippen molar-refractivity contribution in [3.8, 4) is 0 Å². The smallest absolute Gasteiger partial charge is 0.237 e. The largest absolute Gasteiger partial charge is 0.325 e. The number of nitrogens with zero attached hydrogens (tertiary/aromatic N) is 2. The van der Waals surface area contributed by atoms with E-state index in [0.717, 1.165) is 33.8 Å². The number of amides is 1. The number of rotatable bonds is 4. The SMILES string of the molecule is C[C@H](Sc1ncnc2sccc12)C(=O)Nc1ccc2c(c1)CCC2. The molecule has 0 saturated heterocycles. The van der Waals surface area contributed by atoms with Crippen LogP contribution in [0, 0.1) is 0 Å². The Bertz CT molecular complexity index is 906. The van der Waals surface area contributed by atoms with Crippen LogP contribution in [0.4, 0.5) is 5.69 Å². The molecule has 2 aromatic heterocycles. The number of benzene rings is 1. The van der Waals surface area contributed by atoms with Gasteiger partial charge < -0.3 is 5.32 Å². The molecule has 0 radical (unpaired) electrons. The highest BCUT2D eigenvalue weighted by Crippen LogP contribution is 2.31. The number of hydrogen-bond donors (Lipinski definition) is 1. The standard InChI is InChI=1S/C18H17N3OS2/c1-11(24-18-15-7-8-23-17(15)19-10-20-18)16(22)21-14-6-5-12-3-2-4-13(12)9-14/h5-11H,2-4H2,1H3,(H,21,22)/t11-/m0/s1. The topological polar surface area (TPSA) is 54.9 Å². The number of anilines is 1. The van der Waals surface area contributed by atoms with Gasteiger partial charge in [-0.05, 0) is 60.9 Å². The van der Waals surface area contributed by atoms with Crippen LogP contribution in [-0.4, -0.2) is 21.1 Å². The van der Waals surface area contributed by atoms with Crippen LogP contribution in [0.15, 0.2) is 41.0 Å². The maximum atomic E-state index is 12.5. The summed E-state index contributed by atoms with van der Waals surface area (Å²) >= 11 is 3.06. The third kappa shape index (κ3) is 3.03. The molecule has 4 rings (SSSR count). The van der Waals surface area contributed by atoms with Crippen molar-refractivity contribution in [2.45, 2.75) is 36.5 Å². The number of carbonyl (C=O) groups is 1. The summed E-state index contributed by atoms with van der Waals surface area (Å²) in [4.78, 5) is 22.1. The van der Waals surface area contributed by atoms with Crippen LogP contribution in [0.2, 0.25) is 0 Å². The van der Waals surface area contributed by atoms with Crippen molar-refractivity contribution in [2.24, 2.45) is 0 Å². The van der Waals surface area contributed by atoms with Crippen LogP contribution >= 0.6 is 23.1 Å². The second kappa shape index (κ2) is 6.53. The van der Waals surface area contributed by atoms with Crippen molar-refractivity contribution in [3.63, 3.8) is 0 Å². The van der Waals surface area contributed by atoms with Gasteiger partial charge in [0.05, 0.1) is 5.25 Å². The minimum Gasteiger partial charge on any atom is -0.325 e. The van der Waals surface area contributed by atoms with Crippen molar-refractivity contribution in [1.82, 2.24) is 9.97 Å². The molecular formula is C18H17N3OS2. The van der Waals surface area contributed by atoms with Crippen molar-refractivity contribution in [1.29, 1.82) is 0 Å². The number of thiophene rings is 1. The second-order valence-corrected chi connectivity index (χ2v) is 8.13. The first-order valence-corrected chi connectivity index (χ1v) is 9.74. The molecule has 1 aromatic carbocycles. The molecule has 24 heavy (non-hydrogen) atoms. The van der Waals surface area contributed by atoms with Gasteiger partial charge in [0.1, 0.15) is 16.2 Å². The molecule has 3 aromatic rings. The number of fused-ring (bicyclic) bond motifs is 2. The number of carbonyl (C=O) groups excluding carboxylic acids is 1. The average Bonchev–Trinajstić information content (AvgIpc) is 3.23. The van der Waals surface area contributed by atoms with E-state index >= 15 is 0 Å². The first-order chi connectivity index (χ1) is 11.7. The molecule has 2 heterocycles. The summed E-state index contributed by atoms with van der Waals surface area (Å²) in [7, 11) is 0. The molecule has 1 N–H and O–H groups in total. The van der Waals surface area contributed by atoms with E-state index in [1.165, 1.54) is 29.3 Å². The monoisotopic (exact) mass is 355 g/mol. The fourth-order valence-electron chi connectivity index (χ4n) is 2.98. The molecule has 0 spiro atoms. The second-order valence-electron chi connectivity index (χ2n) is 5.90. The fourth-order valence-corrected chi connectivity index (χ4v) is 4.67. The molecule has 6 heteroatoms. The predicted molar refractivity (Wildman–Crippen MR) is 99.8 cm³/mol. The molecule has 1 atom stereocenters. The normalized spacial score (nSPS) is 14.5. The van der Waals surface area contributed by atoms with Gasteiger partial charge in [0.15, 0.2) is 0 Å². The van der Waals surface area contributed by atoms with Gasteiger partial charge in [0.25, 0.3) is 0 Å². The minimum absolute atomic E-state index is 0.0000567. The highest BCUT2D eigenvalue weighted by Gasteiger charge is 2.18. The van der Waals surface area contributed by atoms with Crippen LogP contribution in [0.1, 0.15) is 24.5 Å². The van der Waals surface area contributed by atoms with Gasteiger partial charge in [-0.15, -0.1) is 11.3 Å². The van der Waals surface area contributed by atoms with Gasteiger partial charge in [-0.25, -0.2) is 9.97 Å². The lowest BCUT2D eigenvalue weighted by Crippen LogP contribution is -2.22.